The number of hydrogen-bond donors (Lipinski definition) is 0. The number of carbonyl (C=O) groups excluding carboxylic acids is 2. The number of ketones is 1. The predicted molar refractivity (Wildman–Crippen MR) is 104 cm³/mol. The fourth-order valence-corrected chi connectivity index (χ4v) is 3.82. The Kier molecular flexibility index (Phi) is 6.63. The number of methoxy groups -OCH3 is 2. The molecular formula is C20H22F3N3O5. The fraction of sp³-hybridized carbons (Fsp3) is 0.500. The molecule has 2 aromatic rings. The van der Waals surface area contributed by atoms with Crippen LogP contribution in [0.3, 0.4) is 0 Å². The molecule has 31 heavy (non-hydrogen) atoms. The number of ether oxygens (including phenoxy) is 2. The smallest absolute Gasteiger partial charge is 0.416 e. The van der Waals surface area contributed by atoms with Crippen molar-refractivity contribution < 1.29 is 32.2 Å². The molecule has 1 aliphatic rings. The number of likely N-dealkylation sites (tertiary alicyclic amines) is 1. The molecule has 1 amide bonds. The van der Waals surface area contributed by atoms with E-state index in [1.807, 2.05) is 0 Å². The summed E-state index contributed by atoms with van der Waals surface area (Å²) in [5.74, 6) is -0.391. The van der Waals surface area contributed by atoms with Gasteiger partial charge in [0, 0.05) is 20.1 Å². The molecule has 2 atom stereocenters. The first kappa shape index (κ1) is 22.7. The molecule has 8 nitrogen and oxygen atoms in total. The van der Waals surface area contributed by atoms with Crippen LogP contribution in [-0.4, -0.2) is 59.2 Å². The van der Waals surface area contributed by atoms with Gasteiger partial charge in [-0.15, -0.1) is 0 Å². The minimum absolute atomic E-state index is 0.0966. The summed E-state index contributed by atoms with van der Waals surface area (Å²) in [7, 11) is 2.73. The van der Waals surface area contributed by atoms with Crippen LogP contribution in [0.25, 0.3) is 10.9 Å². The second-order valence-corrected chi connectivity index (χ2v) is 7.30. The molecule has 0 saturated carbocycles. The number of amides is 1. The quantitative estimate of drug-likeness (QED) is 0.709. The number of halogens is 3. The highest BCUT2D eigenvalue weighted by atomic mass is 19.4. The van der Waals surface area contributed by atoms with Crippen molar-refractivity contribution in [1.29, 1.82) is 0 Å². The summed E-state index contributed by atoms with van der Waals surface area (Å²) in [5, 5.41) is -0.228. The lowest BCUT2D eigenvalue weighted by molar-refractivity contribution is -0.137. The van der Waals surface area contributed by atoms with Gasteiger partial charge in [-0.1, -0.05) is 0 Å². The van der Waals surface area contributed by atoms with Crippen molar-refractivity contribution in [2.75, 3.05) is 20.8 Å². The standard InChI is InChI=1S/C20H22F3N3O5/c1-30-17-4-3-7-26(19(29)31-2)16(17)9-13(27)10-25-11-24-15-6-5-12(20(21,22)23)8-14(15)18(25)28/h5-6,8,11,16-17H,3-4,7,9-10H2,1-2H3/t16-,17+/m0/s1. The largest absolute Gasteiger partial charge is 0.453 e. The molecule has 1 saturated heterocycles. The minimum Gasteiger partial charge on any atom is -0.453 e. The van der Waals surface area contributed by atoms with Crippen LogP contribution >= 0.6 is 0 Å². The van der Waals surface area contributed by atoms with E-state index in [4.69, 9.17) is 9.47 Å². The fourth-order valence-electron chi connectivity index (χ4n) is 3.82. The molecule has 1 aromatic heterocycles. The Labute approximate surface area is 175 Å². The maximum Gasteiger partial charge on any atom is 0.416 e. The molecule has 1 aromatic carbocycles. The summed E-state index contributed by atoms with van der Waals surface area (Å²) in [6.07, 6.45) is -3.19. The Morgan fingerprint density at radius 3 is 2.65 bits per heavy atom. The van der Waals surface area contributed by atoms with Crippen molar-refractivity contribution in [2.45, 2.75) is 44.1 Å². The third kappa shape index (κ3) is 4.87. The van der Waals surface area contributed by atoms with Crippen LogP contribution in [0.15, 0.2) is 29.3 Å². The van der Waals surface area contributed by atoms with Gasteiger partial charge in [0.15, 0.2) is 5.78 Å². The zero-order chi connectivity index (χ0) is 22.8. The van der Waals surface area contributed by atoms with Crippen molar-refractivity contribution in [3.63, 3.8) is 0 Å². The van der Waals surface area contributed by atoms with E-state index in [1.54, 1.807) is 0 Å². The number of aromatic nitrogens is 2. The van der Waals surface area contributed by atoms with E-state index < -0.39 is 35.2 Å². The van der Waals surface area contributed by atoms with Gasteiger partial charge in [0.1, 0.15) is 0 Å². The Hall–Kier alpha value is -2.95. The molecule has 0 spiro atoms. The van der Waals surface area contributed by atoms with Gasteiger partial charge in [0.25, 0.3) is 5.56 Å². The third-order valence-electron chi connectivity index (χ3n) is 5.36. The van der Waals surface area contributed by atoms with Crippen LogP contribution in [0.5, 0.6) is 0 Å². The maximum absolute atomic E-state index is 13.0. The average Bonchev–Trinajstić information content (AvgIpc) is 2.74. The van der Waals surface area contributed by atoms with Gasteiger partial charge in [0.2, 0.25) is 0 Å². The second kappa shape index (κ2) is 9.04. The van der Waals surface area contributed by atoms with Gasteiger partial charge >= 0.3 is 12.3 Å². The van der Waals surface area contributed by atoms with E-state index in [0.717, 1.165) is 29.1 Å². The number of piperidine rings is 1. The molecule has 2 heterocycles. The molecule has 0 aliphatic carbocycles. The number of carbonyl (C=O) groups is 2. The SMILES string of the molecule is COC(=O)N1CCC[C@@H](OC)[C@@H]1CC(=O)Cn1cnc2ccc(C(F)(F)F)cc2c1=O. The van der Waals surface area contributed by atoms with Crippen molar-refractivity contribution in [3.05, 3.63) is 40.4 Å². The Morgan fingerprint density at radius 1 is 1.26 bits per heavy atom. The number of hydrogen-bond acceptors (Lipinski definition) is 6. The van der Waals surface area contributed by atoms with E-state index >= 15 is 0 Å². The lowest BCUT2D eigenvalue weighted by Crippen LogP contribution is -2.52. The van der Waals surface area contributed by atoms with Crippen molar-refractivity contribution in [3.8, 4) is 0 Å². The first-order valence-corrected chi connectivity index (χ1v) is 9.61. The van der Waals surface area contributed by atoms with Gasteiger partial charge in [-0.05, 0) is 31.0 Å². The van der Waals surface area contributed by atoms with E-state index in [0.29, 0.717) is 19.4 Å². The van der Waals surface area contributed by atoms with E-state index in [9.17, 15) is 27.6 Å². The van der Waals surface area contributed by atoms with E-state index in [2.05, 4.69) is 4.98 Å². The zero-order valence-corrected chi connectivity index (χ0v) is 17.0. The van der Waals surface area contributed by atoms with Crippen LogP contribution in [0.4, 0.5) is 18.0 Å². The number of nitrogens with zero attached hydrogens (tertiary/aromatic N) is 3. The van der Waals surface area contributed by atoms with Crippen LogP contribution in [0.1, 0.15) is 24.8 Å². The Morgan fingerprint density at radius 2 is 2.00 bits per heavy atom. The monoisotopic (exact) mass is 441 g/mol. The highest BCUT2D eigenvalue weighted by Crippen LogP contribution is 2.30. The van der Waals surface area contributed by atoms with Crippen LogP contribution in [0.2, 0.25) is 0 Å². The van der Waals surface area contributed by atoms with Crippen LogP contribution in [0, 0.1) is 0 Å². The van der Waals surface area contributed by atoms with Crippen LogP contribution < -0.4 is 5.56 Å². The predicted octanol–water partition coefficient (Wildman–Crippen LogP) is 2.62. The summed E-state index contributed by atoms with van der Waals surface area (Å²) < 4.78 is 50.1. The topological polar surface area (TPSA) is 90.7 Å². The summed E-state index contributed by atoms with van der Waals surface area (Å²) >= 11 is 0. The number of fused-ring (bicyclic) bond motifs is 1. The zero-order valence-electron chi connectivity index (χ0n) is 17.0. The molecular weight excluding hydrogens is 419 g/mol. The summed E-state index contributed by atoms with van der Waals surface area (Å²) in [4.78, 5) is 42.9. The van der Waals surface area contributed by atoms with Gasteiger partial charge in [0.05, 0.1) is 48.6 Å². The number of alkyl halides is 3. The molecule has 1 fully saturated rings. The maximum atomic E-state index is 13.0. The lowest BCUT2D eigenvalue weighted by atomic mass is 9.94. The van der Waals surface area contributed by atoms with Crippen molar-refractivity contribution >= 4 is 22.8 Å². The van der Waals surface area contributed by atoms with Gasteiger partial charge in [-0.2, -0.15) is 13.2 Å². The van der Waals surface area contributed by atoms with Gasteiger partial charge < -0.3 is 14.4 Å². The second-order valence-electron chi connectivity index (χ2n) is 7.30. The summed E-state index contributed by atoms with van der Waals surface area (Å²) in [6.45, 7) is 0.0160. The Bertz CT molecular complexity index is 1040. The highest BCUT2D eigenvalue weighted by molar-refractivity contribution is 5.81. The molecule has 0 N–H and O–H groups in total. The first-order valence-electron chi connectivity index (χ1n) is 9.61. The number of benzene rings is 1. The molecule has 0 radical (unpaired) electrons. The Balaban J connectivity index is 1.84. The third-order valence-corrected chi connectivity index (χ3v) is 5.36. The molecule has 168 valence electrons. The lowest BCUT2D eigenvalue weighted by Gasteiger charge is -2.39. The number of rotatable bonds is 5. The summed E-state index contributed by atoms with van der Waals surface area (Å²) in [5.41, 5.74) is -1.62. The van der Waals surface area contributed by atoms with Crippen molar-refractivity contribution in [2.24, 2.45) is 0 Å². The average molecular weight is 441 g/mol. The molecule has 3 rings (SSSR count). The van der Waals surface area contributed by atoms with E-state index in [1.165, 1.54) is 19.1 Å². The first-order chi connectivity index (χ1) is 14.7. The molecule has 11 heteroatoms. The molecule has 1 aliphatic heterocycles. The normalized spacial score (nSPS) is 19.5. The van der Waals surface area contributed by atoms with Crippen molar-refractivity contribution in [1.82, 2.24) is 14.5 Å². The molecule has 0 unspecified atom stereocenters. The number of Topliss-reactive ketones (excluding diaryl/α,β-unsaturated/α-hetero) is 1. The molecule has 0 bridgehead atoms. The van der Waals surface area contributed by atoms with E-state index in [-0.39, 0.29) is 30.0 Å². The summed E-state index contributed by atoms with van der Waals surface area (Å²) in [6, 6.07) is 2.12. The van der Waals surface area contributed by atoms with Gasteiger partial charge in [-0.3, -0.25) is 14.2 Å². The van der Waals surface area contributed by atoms with Gasteiger partial charge in [-0.25, -0.2) is 9.78 Å². The van der Waals surface area contributed by atoms with Crippen LogP contribution in [-0.2, 0) is 27.0 Å². The minimum atomic E-state index is -4.61. The highest BCUT2D eigenvalue weighted by Gasteiger charge is 2.36.